The molecule has 4 rings (SSSR count). The normalized spacial score (nSPS) is 12.3. The quantitative estimate of drug-likeness (QED) is 0.742. The fraction of sp³-hybridized carbons (Fsp3) is 0.190. The molecule has 0 radical (unpaired) electrons. The Labute approximate surface area is 166 Å². The van der Waals surface area contributed by atoms with Crippen molar-refractivity contribution in [3.8, 4) is 6.07 Å². The van der Waals surface area contributed by atoms with Gasteiger partial charge in [-0.15, -0.1) is 0 Å². The molecule has 1 aliphatic heterocycles. The number of alkyl halides is 1. The highest BCUT2D eigenvalue weighted by Crippen LogP contribution is 2.26. The molecule has 0 aliphatic carbocycles. The summed E-state index contributed by atoms with van der Waals surface area (Å²) in [5.41, 5.74) is 6.08. The van der Waals surface area contributed by atoms with E-state index in [0.29, 0.717) is 23.4 Å². The Morgan fingerprint density at radius 3 is 2.86 bits per heavy atom. The number of carbonyl (C=O) groups excluding carboxylic acids is 1. The first-order chi connectivity index (χ1) is 14.0. The number of aliphatic imine (C=N–C) groups is 1. The first-order valence-corrected chi connectivity index (χ1v) is 8.96. The fourth-order valence-corrected chi connectivity index (χ4v) is 3.29. The molecule has 0 spiro atoms. The molecule has 3 heterocycles. The molecule has 1 N–H and O–H groups in total. The minimum Gasteiger partial charge on any atom is -0.321 e. The number of fused-ring (bicyclic) bond motifs is 1. The van der Waals surface area contributed by atoms with Gasteiger partial charge in [-0.1, -0.05) is 6.07 Å². The third-order valence-corrected chi connectivity index (χ3v) is 5.04. The zero-order chi connectivity index (χ0) is 20.5. The number of pyridine rings is 1. The third-order valence-electron chi connectivity index (χ3n) is 5.04. The molecule has 0 saturated carbocycles. The highest BCUT2D eigenvalue weighted by atomic mass is 19.1. The number of rotatable bonds is 4. The average Bonchev–Trinajstić information content (AvgIpc) is 3.36. The van der Waals surface area contributed by atoms with Crippen LogP contribution < -0.4 is 5.32 Å². The maximum absolute atomic E-state index is 12.8. The summed E-state index contributed by atoms with van der Waals surface area (Å²) in [4.78, 5) is 21.4. The molecule has 8 heteroatoms. The molecule has 1 aliphatic rings. The Morgan fingerprint density at radius 2 is 2.14 bits per heavy atom. The number of nitriles is 1. The van der Waals surface area contributed by atoms with Crippen LogP contribution in [0.25, 0.3) is 0 Å². The molecule has 3 aromatic rings. The van der Waals surface area contributed by atoms with Gasteiger partial charge < -0.3 is 5.32 Å². The molecule has 1 aromatic carbocycles. The van der Waals surface area contributed by atoms with E-state index in [-0.39, 0.29) is 11.6 Å². The molecule has 0 saturated heterocycles. The number of benzene rings is 1. The van der Waals surface area contributed by atoms with Crippen LogP contribution in [0, 0.1) is 25.2 Å². The van der Waals surface area contributed by atoms with Crippen molar-refractivity contribution >= 4 is 17.3 Å². The van der Waals surface area contributed by atoms with Gasteiger partial charge in [-0.2, -0.15) is 10.4 Å². The molecule has 29 heavy (non-hydrogen) atoms. The smallest absolute Gasteiger partial charge is 0.274 e. The molecule has 0 bridgehead atoms. The van der Waals surface area contributed by atoms with Gasteiger partial charge in [0.15, 0.2) is 6.80 Å². The van der Waals surface area contributed by atoms with Gasteiger partial charge in [0.25, 0.3) is 5.91 Å². The Balaban J connectivity index is 1.61. The van der Waals surface area contributed by atoms with Gasteiger partial charge in [-0.3, -0.25) is 9.79 Å². The van der Waals surface area contributed by atoms with Crippen molar-refractivity contribution in [2.75, 3.05) is 5.32 Å². The fourth-order valence-electron chi connectivity index (χ4n) is 3.29. The van der Waals surface area contributed by atoms with Crippen LogP contribution in [-0.4, -0.2) is 26.4 Å². The molecule has 2 aromatic heterocycles. The highest BCUT2D eigenvalue weighted by molar-refractivity contribution is 6.15. The van der Waals surface area contributed by atoms with E-state index in [1.165, 1.54) is 10.9 Å². The summed E-state index contributed by atoms with van der Waals surface area (Å²) in [5.74, 6) is -0.350. The van der Waals surface area contributed by atoms with Crippen LogP contribution in [0.15, 0.2) is 41.8 Å². The molecule has 1 amide bonds. The van der Waals surface area contributed by atoms with Gasteiger partial charge in [0.2, 0.25) is 0 Å². The topological polar surface area (TPSA) is 96.0 Å². The second kappa shape index (κ2) is 7.28. The lowest BCUT2D eigenvalue weighted by molar-refractivity contribution is 0.102. The maximum Gasteiger partial charge on any atom is 0.274 e. The van der Waals surface area contributed by atoms with Crippen LogP contribution in [0.3, 0.4) is 0 Å². The maximum atomic E-state index is 12.8. The second-order valence-corrected chi connectivity index (χ2v) is 6.76. The van der Waals surface area contributed by atoms with Gasteiger partial charge in [-0.05, 0) is 42.7 Å². The number of hydrogen-bond donors (Lipinski definition) is 1. The molecule has 7 nitrogen and oxygen atoms in total. The second-order valence-electron chi connectivity index (χ2n) is 6.76. The summed E-state index contributed by atoms with van der Waals surface area (Å²) in [6.07, 6.45) is 4.59. The summed E-state index contributed by atoms with van der Waals surface area (Å²) < 4.78 is 14.0. The molecular weight excluding hydrogens is 371 g/mol. The number of amides is 1. The summed E-state index contributed by atoms with van der Waals surface area (Å²) in [7, 11) is 0. The number of nitrogens with one attached hydrogen (secondary N) is 1. The monoisotopic (exact) mass is 388 g/mol. The van der Waals surface area contributed by atoms with Crippen molar-refractivity contribution in [2.24, 2.45) is 4.99 Å². The van der Waals surface area contributed by atoms with Gasteiger partial charge >= 0.3 is 0 Å². The molecule has 0 fully saturated rings. The lowest BCUT2D eigenvalue weighted by Gasteiger charge is -2.11. The number of hydrogen-bond acceptors (Lipinski definition) is 5. The lowest BCUT2D eigenvalue weighted by atomic mass is 10.0. The van der Waals surface area contributed by atoms with Crippen LogP contribution in [0.4, 0.5) is 10.1 Å². The summed E-state index contributed by atoms with van der Waals surface area (Å²) in [5, 5.41) is 15.9. The first kappa shape index (κ1) is 18.5. The van der Waals surface area contributed by atoms with Crippen molar-refractivity contribution in [3.63, 3.8) is 0 Å². The zero-order valence-electron chi connectivity index (χ0n) is 15.9. The summed E-state index contributed by atoms with van der Waals surface area (Å²) in [6, 6.07) is 7.63. The van der Waals surface area contributed by atoms with E-state index in [9.17, 15) is 9.18 Å². The number of nitrogens with zero attached hydrogens (tertiary/aromatic N) is 5. The minimum absolute atomic E-state index is 0.278. The van der Waals surface area contributed by atoms with E-state index >= 15 is 0 Å². The van der Waals surface area contributed by atoms with Crippen LogP contribution in [0.1, 0.15) is 43.9 Å². The SMILES string of the molecule is Cc1c(C#N)cnc(C(=O)Nc2ccc3c(c2)C(c2cnn(CF)c2)=NC3)c1C. The molecule has 0 atom stereocenters. The number of halogens is 1. The van der Waals surface area contributed by atoms with Crippen molar-refractivity contribution < 1.29 is 9.18 Å². The van der Waals surface area contributed by atoms with Crippen LogP contribution in [0.2, 0.25) is 0 Å². The van der Waals surface area contributed by atoms with Gasteiger partial charge in [0.05, 0.1) is 24.0 Å². The van der Waals surface area contributed by atoms with E-state index < -0.39 is 6.80 Å². The average molecular weight is 388 g/mol. The van der Waals surface area contributed by atoms with Crippen molar-refractivity contribution in [1.82, 2.24) is 14.8 Å². The summed E-state index contributed by atoms with van der Waals surface area (Å²) >= 11 is 0. The van der Waals surface area contributed by atoms with E-state index in [0.717, 1.165) is 28.0 Å². The van der Waals surface area contributed by atoms with Gasteiger partial charge in [-0.25, -0.2) is 14.1 Å². The summed E-state index contributed by atoms with van der Waals surface area (Å²) in [6.45, 7) is 3.39. The minimum atomic E-state index is -0.702. The Bertz CT molecular complexity index is 1200. The molecule has 144 valence electrons. The third kappa shape index (κ3) is 3.27. The Hall–Kier alpha value is -3.86. The largest absolute Gasteiger partial charge is 0.321 e. The van der Waals surface area contributed by atoms with Crippen molar-refractivity contribution in [1.29, 1.82) is 5.26 Å². The van der Waals surface area contributed by atoms with Crippen LogP contribution in [0.5, 0.6) is 0 Å². The zero-order valence-corrected chi connectivity index (χ0v) is 15.9. The Kier molecular flexibility index (Phi) is 4.64. The van der Waals surface area contributed by atoms with E-state index in [2.05, 4.69) is 26.5 Å². The lowest BCUT2D eigenvalue weighted by Crippen LogP contribution is -2.16. The standard InChI is InChI=1S/C21H17FN6O/c1-12-13(2)19(24-8-15(12)6-23)21(29)27-17-4-3-14-7-25-20(18(14)5-17)16-9-26-28(10-16)11-22/h3-5,8-10H,7,11H2,1-2H3,(H,27,29). The van der Waals surface area contributed by atoms with Crippen LogP contribution >= 0.6 is 0 Å². The van der Waals surface area contributed by atoms with Gasteiger partial charge in [0.1, 0.15) is 11.8 Å². The highest BCUT2D eigenvalue weighted by Gasteiger charge is 2.21. The number of carbonyl (C=O) groups is 1. The van der Waals surface area contributed by atoms with Crippen LogP contribution in [-0.2, 0) is 13.3 Å². The predicted molar refractivity (Wildman–Crippen MR) is 105 cm³/mol. The number of anilines is 1. The molecule has 0 unspecified atom stereocenters. The number of aromatic nitrogens is 3. The van der Waals surface area contributed by atoms with E-state index in [1.807, 2.05) is 18.2 Å². The molecular formula is C21H17FN6O. The predicted octanol–water partition coefficient (Wildman–Crippen LogP) is 3.30. The van der Waals surface area contributed by atoms with Gasteiger partial charge in [0, 0.05) is 29.2 Å². The van der Waals surface area contributed by atoms with E-state index in [4.69, 9.17) is 5.26 Å². The van der Waals surface area contributed by atoms with Crippen molar-refractivity contribution in [3.05, 3.63) is 75.9 Å². The van der Waals surface area contributed by atoms with E-state index in [1.54, 1.807) is 26.2 Å². The van der Waals surface area contributed by atoms with Crippen molar-refractivity contribution in [2.45, 2.75) is 27.2 Å². The first-order valence-electron chi connectivity index (χ1n) is 8.96. The Morgan fingerprint density at radius 1 is 1.31 bits per heavy atom.